The lowest BCUT2D eigenvalue weighted by Gasteiger charge is -2.16. The largest absolute Gasteiger partial charge is 0.496 e. The number of ether oxygens (including phenoxy) is 2. The summed E-state index contributed by atoms with van der Waals surface area (Å²) in [5, 5.41) is 11.1. The second-order valence-electron chi connectivity index (χ2n) is 5.53. The van der Waals surface area contributed by atoms with Gasteiger partial charge in [-0.15, -0.1) is 10.2 Å². The molecule has 0 unspecified atom stereocenters. The number of halogens is 6. The average molecular weight is 442 g/mol. The quantitative estimate of drug-likeness (QED) is 0.313. The van der Waals surface area contributed by atoms with E-state index in [0.717, 1.165) is 16.4 Å². The molecule has 0 N–H and O–H groups in total. The highest BCUT2D eigenvalue weighted by molar-refractivity contribution is 7.98. The molecule has 160 valence electrons. The molecule has 2 aromatic rings. The number of rotatable bonds is 10. The SMILES string of the molecule is COc1ccc(/C=N\n2c(SC)nnc2C(F)F)cc1COCC(F)(F)C(F)F. The number of hydrogen-bond donors (Lipinski definition) is 0. The summed E-state index contributed by atoms with van der Waals surface area (Å²) in [5.41, 5.74) is 0.676. The Hall–Kier alpha value is -2.28. The topological polar surface area (TPSA) is 61.5 Å². The normalized spacial score (nSPS) is 12.5. The van der Waals surface area contributed by atoms with Crippen LogP contribution in [-0.2, 0) is 11.3 Å². The van der Waals surface area contributed by atoms with Gasteiger partial charge < -0.3 is 9.47 Å². The zero-order chi connectivity index (χ0) is 21.6. The molecule has 0 saturated heterocycles. The summed E-state index contributed by atoms with van der Waals surface area (Å²) in [5.74, 6) is -4.65. The lowest BCUT2D eigenvalue weighted by molar-refractivity contribution is -0.168. The van der Waals surface area contributed by atoms with Crippen molar-refractivity contribution >= 4 is 18.0 Å². The molecule has 0 bridgehead atoms. The molecule has 0 aliphatic heterocycles. The number of thioether (sulfide) groups is 1. The van der Waals surface area contributed by atoms with Gasteiger partial charge in [-0.25, -0.2) is 17.6 Å². The van der Waals surface area contributed by atoms with Gasteiger partial charge in [0.15, 0.2) is 0 Å². The molecular formula is C16H16F6N4O2S. The fraction of sp³-hybridized carbons (Fsp3) is 0.438. The number of aromatic nitrogens is 3. The van der Waals surface area contributed by atoms with E-state index in [0.29, 0.717) is 5.56 Å². The third-order valence-corrected chi connectivity index (χ3v) is 4.13. The van der Waals surface area contributed by atoms with E-state index in [4.69, 9.17) is 9.47 Å². The predicted octanol–water partition coefficient (Wildman–Crippen LogP) is 4.25. The van der Waals surface area contributed by atoms with Crippen molar-refractivity contribution in [2.75, 3.05) is 20.0 Å². The van der Waals surface area contributed by atoms with E-state index in [1.165, 1.54) is 31.5 Å². The maximum atomic E-state index is 13.0. The minimum atomic E-state index is -4.28. The van der Waals surface area contributed by atoms with E-state index in [-0.39, 0.29) is 16.5 Å². The van der Waals surface area contributed by atoms with Crippen LogP contribution in [0, 0.1) is 0 Å². The Bertz CT molecular complexity index is 847. The Kier molecular flexibility index (Phi) is 7.90. The van der Waals surface area contributed by atoms with Crippen molar-refractivity contribution in [3.63, 3.8) is 0 Å². The number of methoxy groups -OCH3 is 1. The maximum Gasteiger partial charge on any atom is 0.330 e. The summed E-state index contributed by atoms with van der Waals surface area (Å²) in [6.07, 6.45) is -3.90. The number of benzene rings is 1. The summed E-state index contributed by atoms with van der Waals surface area (Å²) >= 11 is 1.06. The Balaban J connectivity index is 2.20. The molecule has 0 amide bonds. The predicted molar refractivity (Wildman–Crippen MR) is 93.4 cm³/mol. The van der Waals surface area contributed by atoms with Gasteiger partial charge in [0, 0.05) is 5.56 Å². The maximum absolute atomic E-state index is 13.0. The first-order valence-corrected chi connectivity index (χ1v) is 9.14. The molecule has 0 spiro atoms. The molecular weight excluding hydrogens is 426 g/mol. The summed E-state index contributed by atoms with van der Waals surface area (Å²) < 4.78 is 87.0. The number of nitrogens with zero attached hydrogens (tertiary/aromatic N) is 4. The van der Waals surface area contributed by atoms with Crippen LogP contribution in [0.5, 0.6) is 5.75 Å². The fourth-order valence-corrected chi connectivity index (χ4v) is 2.56. The van der Waals surface area contributed by atoms with Crippen LogP contribution in [0.1, 0.15) is 23.4 Å². The summed E-state index contributed by atoms with van der Waals surface area (Å²) in [7, 11) is 1.33. The zero-order valence-electron chi connectivity index (χ0n) is 15.2. The molecule has 0 fully saturated rings. The number of alkyl halides is 6. The first-order valence-electron chi connectivity index (χ1n) is 7.92. The van der Waals surface area contributed by atoms with Gasteiger partial charge >= 0.3 is 12.3 Å². The molecule has 13 heteroatoms. The molecule has 29 heavy (non-hydrogen) atoms. The highest BCUT2D eigenvalue weighted by atomic mass is 32.2. The van der Waals surface area contributed by atoms with Crippen LogP contribution in [0.25, 0.3) is 0 Å². The third-order valence-electron chi connectivity index (χ3n) is 3.51. The van der Waals surface area contributed by atoms with E-state index in [1.807, 2.05) is 0 Å². The van der Waals surface area contributed by atoms with Crippen LogP contribution in [0.3, 0.4) is 0 Å². The van der Waals surface area contributed by atoms with Crippen LogP contribution in [-0.4, -0.2) is 53.4 Å². The van der Waals surface area contributed by atoms with Gasteiger partial charge in [-0.05, 0) is 30.0 Å². The second-order valence-corrected chi connectivity index (χ2v) is 6.30. The fourth-order valence-electron chi connectivity index (χ4n) is 2.12. The van der Waals surface area contributed by atoms with Crippen LogP contribution in [0.15, 0.2) is 28.5 Å². The smallest absolute Gasteiger partial charge is 0.330 e. The van der Waals surface area contributed by atoms with Crippen molar-refractivity contribution in [3.05, 3.63) is 35.2 Å². The second kappa shape index (κ2) is 9.96. The Morgan fingerprint density at radius 3 is 2.55 bits per heavy atom. The molecule has 6 nitrogen and oxygen atoms in total. The molecule has 2 rings (SSSR count). The average Bonchev–Trinajstić information content (AvgIpc) is 3.09. The standard InChI is InChI=1S/C16H16F6N4O2S/c1-27-11-4-3-9(5-10(11)7-28-8-16(21,22)14(19)20)6-23-26-13(12(17)18)24-25-15(26)29-2/h3-6,12,14H,7-8H2,1-2H3/b23-6-. The summed E-state index contributed by atoms with van der Waals surface area (Å²) in [4.78, 5) is 0. The van der Waals surface area contributed by atoms with Gasteiger partial charge in [0.2, 0.25) is 11.0 Å². The highest BCUT2D eigenvalue weighted by Gasteiger charge is 2.41. The highest BCUT2D eigenvalue weighted by Crippen LogP contribution is 2.26. The Morgan fingerprint density at radius 1 is 1.24 bits per heavy atom. The molecule has 0 aliphatic rings. The minimum Gasteiger partial charge on any atom is -0.496 e. The van der Waals surface area contributed by atoms with Gasteiger partial charge in [0.1, 0.15) is 12.4 Å². The van der Waals surface area contributed by atoms with Crippen molar-refractivity contribution in [2.45, 2.75) is 30.5 Å². The minimum absolute atomic E-state index is 0.142. The molecule has 1 aromatic heterocycles. The van der Waals surface area contributed by atoms with E-state index >= 15 is 0 Å². The van der Waals surface area contributed by atoms with Crippen molar-refractivity contribution in [1.29, 1.82) is 0 Å². The monoisotopic (exact) mass is 442 g/mol. The Morgan fingerprint density at radius 2 is 1.97 bits per heavy atom. The molecule has 0 atom stereocenters. The van der Waals surface area contributed by atoms with E-state index in [9.17, 15) is 26.3 Å². The van der Waals surface area contributed by atoms with Crippen molar-refractivity contribution in [3.8, 4) is 5.75 Å². The van der Waals surface area contributed by atoms with Crippen LogP contribution in [0.2, 0.25) is 0 Å². The Labute approximate surface area is 165 Å². The molecule has 1 aromatic carbocycles. The molecule has 0 aliphatic carbocycles. The summed E-state index contributed by atoms with van der Waals surface area (Å²) in [6, 6.07) is 4.44. The number of hydrogen-bond acceptors (Lipinski definition) is 6. The van der Waals surface area contributed by atoms with E-state index in [1.54, 1.807) is 6.26 Å². The van der Waals surface area contributed by atoms with Gasteiger partial charge in [-0.2, -0.15) is 18.6 Å². The first-order chi connectivity index (χ1) is 13.7. The van der Waals surface area contributed by atoms with E-state index in [2.05, 4.69) is 15.3 Å². The van der Waals surface area contributed by atoms with Crippen molar-refractivity contribution in [1.82, 2.24) is 14.9 Å². The van der Waals surface area contributed by atoms with Crippen LogP contribution in [0.4, 0.5) is 26.3 Å². The molecule has 0 saturated carbocycles. The summed E-state index contributed by atoms with van der Waals surface area (Å²) in [6.45, 7) is -1.90. The lowest BCUT2D eigenvalue weighted by Crippen LogP contribution is -2.32. The lowest BCUT2D eigenvalue weighted by atomic mass is 10.1. The van der Waals surface area contributed by atoms with Gasteiger partial charge in [0.05, 0.1) is 19.9 Å². The van der Waals surface area contributed by atoms with Gasteiger partial charge in [-0.3, -0.25) is 0 Å². The van der Waals surface area contributed by atoms with Crippen molar-refractivity contribution < 1.29 is 35.8 Å². The zero-order valence-corrected chi connectivity index (χ0v) is 16.0. The van der Waals surface area contributed by atoms with Gasteiger partial charge in [-0.1, -0.05) is 11.8 Å². The van der Waals surface area contributed by atoms with Crippen LogP contribution < -0.4 is 4.74 Å². The van der Waals surface area contributed by atoms with Crippen molar-refractivity contribution in [2.24, 2.45) is 5.10 Å². The van der Waals surface area contributed by atoms with Crippen LogP contribution >= 0.6 is 11.8 Å². The first kappa shape index (κ1) is 23.0. The molecule has 1 heterocycles. The van der Waals surface area contributed by atoms with E-state index < -0.39 is 37.8 Å². The van der Waals surface area contributed by atoms with Gasteiger partial charge in [0.25, 0.3) is 6.43 Å². The molecule has 0 radical (unpaired) electrons. The third kappa shape index (κ3) is 5.85.